The van der Waals surface area contributed by atoms with Gasteiger partial charge in [-0.25, -0.2) is 0 Å². The molecule has 1 saturated heterocycles. The summed E-state index contributed by atoms with van der Waals surface area (Å²) in [4.78, 5) is 0. The second-order valence-electron chi connectivity index (χ2n) is 15.6. The maximum absolute atomic E-state index is 11.9. The molecule has 0 aromatic rings. The molecule has 4 saturated carbocycles. The van der Waals surface area contributed by atoms with Gasteiger partial charge in [-0.3, -0.25) is 0 Å². The minimum Gasteiger partial charge on any atom is -0.393 e. The van der Waals surface area contributed by atoms with Gasteiger partial charge in [-0.2, -0.15) is 0 Å². The molecule has 0 bridgehead atoms. The summed E-state index contributed by atoms with van der Waals surface area (Å²) in [6.45, 7) is 17.5. The molecule has 5 rings (SSSR count). The summed E-state index contributed by atoms with van der Waals surface area (Å²) in [6.07, 6.45) is 5.65. The molecule has 202 valence electrons. The number of rotatable bonds is 2. The van der Waals surface area contributed by atoms with Gasteiger partial charge < -0.3 is 25.2 Å². The molecule has 0 aromatic heterocycles. The van der Waals surface area contributed by atoms with E-state index in [9.17, 15) is 20.4 Å². The highest BCUT2D eigenvalue weighted by atomic mass is 16.5. The van der Waals surface area contributed by atoms with Crippen LogP contribution in [0, 0.1) is 45.3 Å². The van der Waals surface area contributed by atoms with Gasteiger partial charge in [0.1, 0.15) is 6.10 Å². The van der Waals surface area contributed by atoms with Gasteiger partial charge in [-0.1, -0.05) is 34.6 Å². The van der Waals surface area contributed by atoms with Gasteiger partial charge in [0.15, 0.2) is 0 Å². The highest BCUT2D eigenvalue weighted by Crippen LogP contribution is 2.76. The second kappa shape index (κ2) is 7.68. The fourth-order valence-electron chi connectivity index (χ4n) is 11.2. The maximum Gasteiger partial charge on any atom is 0.112 e. The van der Waals surface area contributed by atoms with Gasteiger partial charge in [-0.05, 0) is 111 Å². The van der Waals surface area contributed by atoms with Crippen LogP contribution < -0.4 is 0 Å². The molecular formula is C30H52O5. The quantitative estimate of drug-likeness (QED) is 0.449. The number of ether oxygens (including phenoxy) is 1. The summed E-state index contributed by atoms with van der Waals surface area (Å²) >= 11 is 0. The van der Waals surface area contributed by atoms with E-state index >= 15 is 0 Å². The standard InChI is InChI=1S/C30H52O5/c1-25(2)20-10-14-28(6)21(27(20,5)12-11-22(25)33)15-18(31)23-17(9-13-29(23,28)7)30(8)16-19(32)24(35-30)26(3,4)34/h17-24,31-34H,9-16H2,1-8H3. The molecule has 0 spiro atoms. The summed E-state index contributed by atoms with van der Waals surface area (Å²) in [5.74, 6) is 1.20. The Balaban J connectivity index is 1.49. The molecule has 35 heavy (non-hydrogen) atoms. The van der Waals surface area contributed by atoms with Crippen LogP contribution in [0.3, 0.4) is 0 Å². The topological polar surface area (TPSA) is 90.2 Å². The van der Waals surface area contributed by atoms with Gasteiger partial charge >= 0.3 is 0 Å². The van der Waals surface area contributed by atoms with Crippen LogP contribution in [0.5, 0.6) is 0 Å². The van der Waals surface area contributed by atoms with E-state index in [1.165, 1.54) is 0 Å². The van der Waals surface area contributed by atoms with Crippen LogP contribution in [0.25, 0.3) is 0 Å². The number of hydrogen-bond acceptors (Lipinski definition) is 5. The fourth-order valence-corrected chi connectivity index (χ4v) is 11.2. The van der Waals surface area contributed by atoms with Gasteiger partial charge in [0.05, 0.1) is 29.5 Å². The van der Waals surface area contributed by atoms with E-state index in [1.807, 2.05) is 0 Å². The molecule has 4 N–H and O–H groups in total. The molecule has 5 heteroatoms. The largest absolute Gasteiger partial charge is 0.393 e. The van der Waals surface area contributed by atoms with E-state index in [0.29, 0.717) is 18.3 Å². The average Bonchev–Trinajstić information content (AvgIpc) is 3.26. The number of fused-ring (bicyclic) bond motifs is 5. The minimum atomic E-state index is -1.10. The summed E-state index contributed by atoms with van der Waals surface area (Å²) in [5.41, 5.74) is -1.50. The molecule has 4 aliphatic carbocycles. The molecular weight excluding hydrogens is 440 g/mol. The average molecular weight is 493 g/mol. The minimum absolute atomic E-state index is 0.00166. The summed E-state index contributed by atoms with van der Waals surface area (Å²) < 4.78 is 6.53. The van der Waals surface area contributed by atoms with Crippen LogP contribution >= 0.6 is 0 Å². The van der Waals surface area contributed by atoms with E-state index in [-0.39, 0.29) is 39.6 Å². The first-order chi connectivity index (χ1) is 15.9. The van der Waals surface area contributed by atoms with Crippen molar-refractivity contribution in [2.45, 2.75) is 142 Å². The number of aliphatic hydroxyl groups excluding tert-OH is 3. The highest BCUT2D eigenvalue weighted by Gasteiger charge is 2.72. The molecule has 5 nitrogen and oxygen atoms in total. The number of aliphatic hydroxyl groups is 4. The summed E-state index contributed by atoms with van der Waals surface area (Å²) in [5, 5.41) is 44.3. The van der Waals surface area contributed by atoms with E-state index in [2.05, 4.69) is 41.5 Å². The lowest BCUT2D eigenvalue weighted by molar-refractivity contribution is -0.249. The molecule has 12 unspecified atom stereocenters. The van der Waals surface area contributed by atoms with E-state index in [4.69, 9.17) is 4.74 Å². The van der Waals surface area contributed by atoms with Crippen LogP contribution in [-0.2, 0) is 4.74 Å². The number of hydrogen-bond donors (Lipinski definition) is 4. The van der Waals surface area contributed by atoms with Crippen molar-refractivity contribution in [2.24, 2.45) is 45.3 Å². The Bertz CT molecular complexity index is 850. The monoisotopic (exact) mass is 492 g/mol. The molecule has 5 fully saturated rings. The lowest BCUT2D eigenvalue weighted by atomic mass is 9.35. The zero-order valence-corrected chi connectivity index (χ0v) is 23.5. The predicted molar refractivity (Wildman–Crippen MR) is 137 cm³/mol. The maximum atomic E-state index is 11.9. The Morgan fingerprint density at radius 1 is 0.771 bits per heavy atom. The first-order valence-corrected chi connectivity index (χ1v) is 14.4. The third-order valence-corrected chi connectivity index (χ3v) is 13.2. The molecule has 0 aromatic carbocycles. The molecule has 1 heterocycles. The molecule has 0 amide bonds. The Morgan fingerprint density at radius 2 is 1.40 bits per heavy atom. The second-order valence-corrected chi connectivity index (χ2v) is 15.6. The third-order valence-electron chi connectivity index (χ3n) is 13.2. The van der Waals surface area contributed by atoms with Crippen LogP contribution in [-0.4, -0.2) is 56.0 Å². The van der Waals surface area contributed by atoms with Crippen molar-refractivity contribution in [3.8, 4) is 0 Å². The zero-order chi connectivity index (χ0) is 26.0. The zero-order valence-electron chi connectivity index (χ0n) is 23.5. The van der Waals surface area contributed by atoms with Crippen molar-refractivity contribution >= 4 is 0 Å². The predicted octanol–water partition coefficient (Wildman–Crippen LogP) is 4.68. The van der Waals surface area contributed by atoms with Gasteiger partial charge in [-0.15, -0.1) is 0 Å². The molecule has 1 aliphatic heterocycles. The van der Waals surface area contributed by atoms with Crippen molar-refractivity contribution in [1.29, 1.82) is 0 Å². The fraction of sp³-hybridized carbons (Fsp3) is 1.00. The van der Waals surface area contributed by atoms with E-state index < -0.39 is 29.5 Å². The summed E-state index contributed by atoms with van der Waals surface area (Å²) in [6, 6.07) is 0. The van der Waals surface area contributed by atoms with Crippen molar-refractivity contribution < 1.29 is 25.2 Å². The SMILES string of the molecule is CC(C)(O)C1OC(C)(C2CCC3(C)C2C(O)CC2C4(C)CCC(O)C(C)(C)C4CCC23C)CC1O. The van der Waals surface area contributed by atoms with Crippen LogP contribution in [0.4, 0.5) is 0 Å². The van der Waals surface area contributed by atoms with Crippen molar-refractivity contribution in [3.63, 3.8) is 0 Å². The van der Waals surface area contributed by atoms with Gasteiger partial charge in [0, 0.05) is 6.42 Å². The van der Waals surface area contributed by atoms with Gasteiger partial charge in [0.2, 0.25) is 0 Å². The Kier molecular flexibility index (Phi) is 5.80. The van der Waals surface area contributed by atoms with Crippen molar-refractivity contribution in [3.05, 3.63) is 0 Å². The van der Waals surface area contributed by atoms with E-state index in [1.54, 1.807) is 13.8 Å². The molecule has 12 atom stereocenters. The highest BCUT2D eigenvalue weighted by molar-refractivity contribution is 5.20. The van der Waals surface area contributed by atoms with Crippen LogP contribution in [0.2, 0.25) is 0 Å². The smallest absolute Gasteiger partial charge is 0.112 e. The summed E-state index contributed by atoms with van der Waals surface area (Å²) in [7, 11) is 0. The normalized spacial score (nSPS) is 57.9. The van der Waals surface area contributed by atoms with Crippen LogP contribution in [0.1, 0.15) is 107 Å². The van der Waals surface area contributed by atoms with E-state index in [0.717, 1.165) is 44.9 Å². The van der Waals surface area contributed by atoms with Crippen LogP contribution in [0.15, 0.2) is 0 Å². The molecule has 5 aliphatic rings. The Hall–Kier alpha value is -0.200. The first kappa shape index (κ1) is 26.4. The van der Waals surface area contributed by atoms with Gasteiger partial charge in [0.25, 0.3) is 0 Å². The lowest BCUT2D eigenvalue weighted by Gasteiger charge is -2.70. The van der Waals surface area contributed by atoms with Crippen molar-refractivity contribution in [1.82, 2.24) is 0 Å². The molecule has 0 radical (unpaired) electrons. The Labute approximate surface area is 213 Å². The first-order valence-electron chi connectivity index (χ1n) is 14.4. The lowest BCUT2D eigenvalue weighted by Crippen LogP contribution is -2.66. The van der Waals surface area contributed by atoms with Crippen molar-refractivity contribution in [2.75, 3.05) is 0 Å². The third kappa shape index (κ3) is 3.36. The Morgan fingerprint density at radius 3 is 2.00 bits per heavy atom.